The summed E-state index contributed by atoms with van der Waals surface area (Å²) in [6.07, 6.45) is 4.00. The lowest BCUT2D eigenvalue weighted by atomic mass is 10.0. The van der Waals surface area contributed by atoms with E-state index < -0.39 is 0 Å². The van der Waals surface area contributed by atoms with E-state index in [4.69, 9.17) is 9.47 Å². The van der Waals surface area contributed by atoms with Gasteiger partial charge in [-0.2, -0.15) is 0 Å². The third-order valence-electron chi connectivity index (χ3n) is 4.54. The fraction of sp³-hybridized carbons (Fsp3) is 0.450. The van der Waals surface area contributed by atoms with E-state index >= 15 is 0 Å². The van der Waals surface area contributed by atoms with Gasteiger partial charge in [0.1, 0.15) is 0 Å². The summed E-state index contributed by atoms with van der Waals surface area (Å²) in [6.45, 7) is 10.9. The van der Waals surface area contributed by atoms with Gasteiger partial charge in [-0.1, -0.05) is 6.08 Å². The van der Waals surface area contributed by atoms with Gasteiger partial charge in [-0.25, -0.2) is 4.79 Å². The summed E-state index contributed by atoms with van der Waals surface area (Å²) in [5.74, 6) is -0.281. The fourth-order valence-electron chi connectivity index (χ4n) is 3.39. The van der Waals surface area contributed by atoms with Crippen molar-refractivity contribution in [3.8, 4) is 0 Å². The largest absolute Gasteiger partial charge is 0.459 e. The maximum absolute atomic E-state index is 12.7. The highest BCUT2D eigenvalue weighted by molar-refractivity contribution is 9.10. The smallest absolute Gasteiger partial charge is 0.338 e. The predicted octanol–water partition coefficient (Wildman–Crippen LogP) is 4.27. The van der Waals surface area contributed by atoms with E-state index in [2.05, 4.69) is 31.3 Å². The second-order valence-corrected chi connectivity index (χ2v) is 7.63. The molecule has 0 radical (unpaired) electrons. The molecule has 0 atom stereocenters. The highest BCUT2D eigenvalue weighted by Crippen LogP contribution is 2.30. The molecule has 5 nitrogen and oxygen atoms in total. The summed E-state index contributed by atoms with van der Waals surface area (Å²) in [5, 5.41) is 0. The minimum Gasteiger partial charge on any atom is -0.459 e. The Morgan fingerprint density at radius 3 is 2.62 bits per heavy atom. The molecule has 0 amide bonds. The zero-order valence-electron chi connectivity index (χ0n) is 15.7. The second-order valence-electron chi connectivity index (χ2n) is 6.71. The number of hydrogen-bond donors (Lipinski definition) is 0. The number of carbonyl (C=O) groups excluding carboxylic acids is 1. The maximum atomic E-state index is 12.7. The zero-order valence-corrected chi connectivity index (χ0v) is 17.3. The molecule has 2 aromatic heterocycles. The molecule has 1 aliphatic heterocycles. The summed E-state index contributed by atoms with van der Waals surface area (Å²) in [4.78, 5) is 15.0. The van der Waals surface area contributed by atoms with Crippen molar-refractivity contribution >= 4 is 33.1 Å². The molecule has 1 aliphatic rings. The molecular weight excluding hydrogens is 396 g/mol. The van der Waals surface area contributed by atoms with Gasteiger partial charge in [0.2, 0.25) is 0 Å². The third-order valence-corrected chi connectivity index (χ3v) is 4.97. The average molecular weight is 421 g/mol. The van der Waals surface area contributed by atoms with Gasteiger partial charge in [-0.05, 0) is 61.3 Å². The molecule has 0 N–H and O–H groups in total. The van der Waals surface area contributed by atoms with Crippen LogP contribution >= 0.6 is 15.9 Å². The van der Waals surface area contributed by atoms with Crippen molar-refractivity contribution in [3.63, 3.8) is 0 Å². The molecule has 26 heavy (non-hydrogen) atoms. The molecule has 0 unspecified atom stereocenters. The first-order valence-electron chi connectivity index (χ1n) is 8.94. The molecule has 3 heterocycles. The normalized spacial score (nSPS) is 15.8. The van der Waals surface area contributed by atoms with Crippen molar-refractivity contribution in [2.45, 2.75) is 33.8 Å². The molecule has 0 bridgehead atoms. The highest BCUT2D eigenvalue weighted by Gasteiger charge is 2.23. The van der Waals surface area contributed by atoms with E-state index in [1.54, 1.807) is 0 Å². The van der Waals surface area contributed by atoms with Crippen LogP contribution in [0.5, 0.6) is 0 Å². The van der Waals surface area contributed by atoms with E-state index in [0.29, 0.717) is 18.8 Å². The number of allylic oxidation sites excluding steroid dienone is 1. The number of hydrogen-bond acceptors (Lipinski definition) is 4. The van der Waals surface area contributed by atoms with Gasteiger partial charge in [0.05, 0.1) is 36.3 Å². The average Bonchev–Trinajstić information content (AvgIpc) is 2.97. The van der Waals surface area contributed by atoms with E-state index in [1.807, 2.05) is 46.0 Å². The molecule has 1 fully saturated rings. The Balaban J connectivity index is 2.18. The Morgan fingerprint density at radius 1 is 1.31 bits per heavy atom. The van der Waals surface area contributed by atoms with Gasteiger partial charge in [-0.3, -0.25) is 0 Å². The number of fused-ring (bicyclic) bond motifs is 1. The standard InChI is InChI=1S/C20H25BrN2O3/c1-5-18(22-6-8-25-9-7-22)19-14(4)17(20(24)26-13(2)3)11-16-10-15(21)12-23(16)19/h5,10-13H,6-9H2,1-4H3/b18-5-. The van der Waals surface area contributed by atoms with Crippen LogP contribution in [0.2, 0.25) is 0 Å². The van der Waals surface area contributed by atoms with Gasteiger partial charge < -0.3 is 18.8 Å². The lowest BCUT2D eigenvalue weighted by Gasteiger charge is -2.32. The molecule has 0 spiro atoms. The van der Waals surface area contributed by atoms with Crippen LogP contribution < -0.4 is 0 Å². The molecule has 0 aliphatic carbocycles. The number of pyridine rings is 1. The molecule has 3 rings (SSSR count). The summed E-state index contributed by atoms with van der Waals surface area (Å²) < 4.78 is 14.1. The van der Waals surface area contributed by atoms with Crippen molar-refractivity contribution in [2.24, 2.45) is 0 Å². The lowest BCUT2D eigenvalue weighted by Crippen LogP contribution is -2.35. The van der Waals surface area contributed by atoms with E-state index in [-0.39, 0.29) is 12.1 Å². The predicted molar refractivity (Wildman–Crippen MR) is 106 cm³/mol. The first-order chi connectivity index (χ1) is 12.4. The highest BCUT2D eigenvalue weighted by atomic mass is 79.9. The summed E-state index contributed by atoms with van der Waals surface area (Å²) >= 11 is 3.56. The van der Waals surface area contributed by atoms with Crippen LogP contribution in [0.15, 0.2) is 28.9 Å². The van der Waals surface area contributed by atoms with Gasteiger partial charge in [-0.15, -0.1) is 0 Å². The molecular formula is C20H25BrN2O3. The van der Waals surface area contributed by atoms with Gasteiger partial charge >= 0.3 is 5.97 Å². The van der Waals surface area contributed by atoms with Crippen molar-refractivity contribution in [3.05, 3.63) is 45.7 Å². The minimum atomic E-state index is -0.281. The Morgan fingerprint density at radius 2 is 2.00 bits per heavy atom. The Labute approximate surface area is 162 Å². The number of halogens is 1. The first kappa shape index (κ1) is 19.0. The quantitative estimate of drug-likeness (QED) is 0.692. The van der Waals surface area contributed by atoms with Crippen LogP contribution in [0.25, 0.3) is 11.2 Å². The molecule has 0 saturated carbocycles. The van der Waals surface area contributed by atoms with Crippen LogP contribution in [-0.2, 0) is 9.47 Å². The van der Waals surface area contributed by atoms with Crippen LogP contribution in [-0.4, -0.2) is 47.7 Å². The zero-order chi connectivity index (χ0) is 18.8. The van der Waals surface area contributed by atoms with Crippen molar-refractivity contribution in [1.82, 2.24) is 9.30 Å². The summed E-state index contributed by atoms with van der Waals surface area (Å²) in [7, 11) is 0. The summed E-state index contributed by atoms with van der Waals surface area (Å²) in [5.41, 5.74) is 4.62. The van der Waals surface area contributed by atoms with E-state index in [0.717, 1.165) is 40.0 Å². The Kier molecular flexibility index (Phi) is 5.73. The molecule has 140 valence electrons. The number of nitrogens with zero attached hydrogens (tertiary/aromatic N) is 2. The van der Waals surface area contributed by atoms with Crippen molar-refractivity contribution in [1.29, 1.82) is 0 Å². The van der Waals surface area contributed by atoms with Gasteiger partial charge in [0.15, 0.2) is 0 Å². The van der Waals surface area contributed by atoms with Crippen LogP contribution in [0.4, 0.5) is 0 Å². The van der Waals surface area contributed by atoms with Crippen molar-refractivity contribution in [2.75, 3.05) is 26.3 Å². The van der Waals surface area contributed by atoms with E-state index in [9.17, 15) is 4.79 Å². The fourth-order valence-corrected chi connectivity index (χ4v) is 3.83. The topological polar surface area (TPSA) is 43.2 Å². The second kappa shape index (κ2) is 7.84. The van der Waals surface area contributed by atoms with Crippen molar-refractivity contribution < 1.29 is 14.3 Å². The summed E-state index contributed by atoms with van der Waals surface area (Å²) in [6, 6.07) is 3.92. The number of morpholine rings is 1. The number of esters is 1. The minimum absolute atomic E-state index is 0.152. The van der Waals surface area contributed by atoms with E-state index in [1.165, 1.54) is 0 Å². The maximum Gasteiger partial charge on any atom is 0.338 e. The number of ether oxygens (including phenoxy) is 2. The molecule has 1 saturated heterocycles. The number of carbonyl (C=O) groups is 1. The van der Waals surface area contributed by atoms with Crippen LogP contribution in [0, 0.1) is 6.92 Å². The number of aromatic nitrogens is 1. The molecule has 6 heteroatoms. The SMILES string of the molecule is C/C=C(/c1c(C)c(C(=O)OC(C)C)cc2cc(Br)cn12)N1CCOCC1. The number of rotatable bonds is 4. The molecule has 0 aromatic carbocycles. The molecule has 2 aromatic rings. The third kappa shape index (κ3) is 3.67. The van der Waals surface area contributed by atoms with Gasteiger partial charge in [0, 0.05) is 29.3 Å². The first-order valence-corrected chi connectivity index (χ1v) is 9.73. The van der Waals surface area contributed by atoms with Crippen LogP contribution in [0.1, 0.15) is 42.4 Å². The Bertz CT molecular complexity index is 848. The lowest BCUT2D eigenvalue weighted by molar-refractivity contribution is 0.0377. The van der Waals surface area contributed by atoms with Crippen LogP contribution in [0.3, 0.4) is 0 Å². The van der Waals surface area contributed by atoms with Gasteiger partial charge in [0.25, 0.3) is 0 Å². The Hall–Kier alpha value is -1.79. The monoisotopic (exact) mass is 420 g/mol.